The van der Waals surface area contributed by atoms with Crippen LogP contribution in [-0.4, -0.2) is 22.6 Å². The van der Waals surface area contributed by atoms with E-state index in [0.717, 1.165) is 25.8 Å². The molecule has 0 aromatic carbocycles. The minimum absolute atomic E-state index is 0.115. The average Bonchev–Trinajstić information content (AvgIpc) is 2.87. The van der Waals surface area contributed by atoms with Gasteiger partial charge in [0.25, 0.3) is 0 Å². The molecule has 1 saturated carbocycles. The summed E-state index contributed by atoms with van der Waals surface area (Å²) >= 11 is 5.81. The summed E-state index contributed by atoms with van der Waals surface area (Å²) in [7, 11) is 0. The minimum atomic E-state index is -0.375. The Labute approximate surface area is 119 Å². The molecule has 0 spiro atoms. The van der Waals surface area contributed by atoms with Crippen molar-refractivity contribution in [2.75, 3.05) is 11.4 Å². The summed E-state index contributed by atoms with van der Waals surface area (Å²) in [4.78, 5) is 9.89. The van der Waals surface area contributed by atoms with Crippen LogP contribution in [0.4, 0.5) is 10.2 Å². The van der Waals surface area contributed by atoms with Crippen LogP contribution in [0.3, 0.4) is 0 Å². The predicted octanol–water partition coefficient (Wildman–Crippen LogP) is 4.06. The third kappa shape index (κ3) is 3.78. The summed E-state index contributed by atoms with van der Waals surface area (Å²) in [6.07, 6.45) is 6.84. The van der Waals surface area contributed by atoms with E-state index >= 15 is 0 Å². The van der Waals surface area contributed by atoms with Crippen molar-refractivity contribution in [3.8, 4) is 0 Å². The van der Waals surface area contributed by atoms with Crippen molar-refractivity contribution in [2.45, 2.75) is 52.0 Å². The Morgan fingerprint density at radius 3 is 2.74 bits per heavy atom. The summed E-state index contributed by atoms with van der Waals surface area (Å²) < 4.78 is 14.0. The highest BCUT2D eigenvalue weighted by Gasteiger charge is 2.26. The molecule has 5 heteroatoms. The van der Waals surface area contributed by atoms with E-state index in [0.29, 0.717) is 17.8 Å². The highest BCUT2D eigenvalue weighted by Crippen LogP contribution is 2.29. The van der Waals surface area contributed by atoms with Gasteiger partial charge in [-0.15, -0.1) is 0 Å². The molecular weight excluding hydrogens is 265 g/mol. The van der Waals surface area contributed by atoms with E-state index in [9.17, 15) is 4.39 Å². The molecule has 1 heterocycles. The van der Waals surface area contributed by atoms with Crippen LogP contribution in [0, 0.1) is 11.7 Å². The number of anilines is 1. The van der Waals surface area contributed by atoms with E-state index < -0.39 is 0 Å². The SMILES string of the molecule is CC(C)CCN(c1nc(Cl)ncc1F)C1CCCC1. The highest BCUT2D eigenvalue weighted by atomic mass is 35.5. The zero-order valence-corrected chi connectivity index (χ0v) is 12.3. The lowest BCUT2D eigenvalue weighted by Crippen LogP contribution is -2.36. The van der Waals surface area contributed by atoms with Gasteiger partial charge in [0.05, 0.1) is 6.20 Å². The second-order valence-corrected chi connectivity index (χ2v) is 5.96. The molecule has 3 nitrogen and oxygen atoms in total. The van der Waals surface area contributed by atoms with Gasteiger partial charge in [-0.25, -0.2) is 9.37 Å². The second-order valence-electron chi connectivity index (χ2n) is 5.62. The molecule has 1 fully saturated rings. The molecule has 1 aliphatic rings. The Morgan fingerprint density at radius 2 is 2.11 bits per heavy atom. The fourth-order valence-corrected chi connectivity index (χ4v) is 2.74. The van der Waals surface area contributed by atoms with Crippen LogP contribution in [0.25, 0.3) is 0 Å². The number of hydrogen-bond acceptors (Lipinski definition) is 3. The molecule has 1 aliphatic carbocycles. The van der Waals surface area contributed by atoms with Gasteiger partial charge in [-0.2, -0.15) is 4.98 Å². The Morgan fingerprint density at radius 1 is 1.42 bits per heavy atom. The predicted molar refractivity (Wildman–Crippen MR) is 76.1 cm³/mol. The van der Waals surface area contributed by atoms with Crippen LogP contribution in [0.2, 0.25) is 5.28 Å². The van der Waals surface area contributed by atoms with Crippen LogP contribution < -0.4 is 4.90 Å². The summed E-state index contributed by atoms with van der Waals surface area (Å²) in [6.45, 7) is 5.18. The van der Waals surface area contributed by atoms with E-state index in [1.54, 1.807) is 0 Å². The van der Waals surface area contributed by atoms with Gasteiger partial charge < -0.3 is 4.90 Å². The fourth-order valence-electron chi connectivity index (χ4n) is 2.61. The van der Waals surface area contributed by atoms with Gasteiger partial charge in [0.1, 0.15) is 0 Å². The second kappa shape index (κ2) is 6.51. The van der Waals surface area contributed by atoms with Gasteiger partial charge >= 0.3 is 0 Å². The van der Waals surface area contributed by atoms with Crippen molar-refractivity contribution in [1.82, 2.24) is 9.97 Å². The standard InChI is InChI=1S/C14H21ClFN3/c1-10(2)7-8-19(11-5-3-4-6-11)13-12(16)9-17-14(15)18-13/h9-11H,3-8H2,1-2H3. The molecule has 0 saturated heterocycles. The number of rotatable bonds is 5. The Hall–Kier alpha value is -0.900. The van der Waals surface area contributed by atoms with E-state index in [2.05, 4.69) is 28.7 Å². The average molecular weight is 286 g/mol. The fraction of sp³-hybridized carbons (Fsp3) is 0.714. The van der Waals surface area contributed by atoms with Crippen LogP contribution in [0.5, 0.6) is 0 Å². The van der Waals surface area contributed by atoms with Crippen molar-refractivity contribution in [1.29, 1.82) is 0 Å². The molecule has 0 aliphatic heterocycles. The summed E-state index contributed by atoms with van der Waals surface area (Å²) in [5, 5.41) is 0.115. The molecule has 2 rings (SSSR count). The third-order valence-electron chi connectivity index (χ3n) is 3.68. The van der Waals surface area contributed by atoms with Crippen molar-refractivity contribution in [3.05, 3.63) is 17.3 Å². The van der Waals surface area contributed by atoms with Crippen molar-refractivity contribution < 1.29 is 4.39 Å². The number of aromatic nitrogens is 2. The molecule has 1 aromatic heterocycles. The maximum Gasteiger partial charge on any atom is 0.224 e. The summed E-state index contributed by atoms with van der Waals surface area (Å²) in [5.74, 6) is 0.580. The molecular formula is C14H21ClFN3. The Bertz CT molecular complexity index is 419. The Balaban J connectivity index is 2.21. The molecule has 0 N–H and O–H groups in total. The first kappa shape index (κ1) is 14.5. The lowest BCUT2D eigenvalue weighted by molar-refractivity contribution is 0.510. The molecule has 106 valence electrons. The van der Waals surface area contributed by atoms with Gasteiger partial charge in [0.15, 0.2) is 11.6 Å². The number of nitrogens with zero attached hydrogens (tertiary/aromatic N) is 3. The quantitative estimate of drug-likeness (QED) is 0.764. The number of hydrogen-bond donors (Lipinski definition) is 0. The first-order valence-corrected chi connectivity index (χ1v) is 7.40. The van der Waals surface area contributed by atoms with Crippen molar-refractivity contribution >= 4 is 17.4 Å². The van der Waals surface area contributed by atoms with E-state index in [-0.39, 0.29) is 11.1 Å². The van der Waals surface area contributed by atoms with Crippen LogP contribution in [0.1, 0.15) is 46.0 Å². The maximum absolute atomic E-state index is 14.0. The Kier molecular flexibility index (Phi) is 4.97. The van der Waals surface area contributed by atoms with E-state index in [4.69, 9.17) is 11.6 Å². The monoisotopic (exact) mass is 285 g/mol. The molecule has 0 bridgehead atoms. The van der Waals surface area contributed by atoms with Gasteiger partial charge in [-0.3, -0.25) is 0 Å². The molecule has 1 aromatic rings. The molecule has 0 radical (unpaired) electrons. The van der Waals surface area contributed by atoms with Crippen molar-refractivity contribution in [2.24, 2.45) is 5.92 Å². The maximum atomic E-state index is 14.0. The van der Waals surface area contributed by atoms with Crippen LogP contribution in [-0.2, 0) is 0 Å². The van der Waals surface area contributed by atoms with Gasteiger partial charge in [0, 0.05) is 12.6 Å². The zero-order valence-electron chi connectivity index (χ0n) is 11.6. The minimum Gasteiger partial charge on any atom is -0.351 e. The van der Waals surface area contributed by atoms with Gasteiger partial charge in [-0.05, 0) is 36.8 Å². The van der Waals surface area contributed by atoms with E-state index in [1.165, 1.54) is 19.0 Å². The first-order valence-electron chi connectivity index (χ1n) is 7.02. The summed E-state index contributed by atoms with van der Waals surface area (Å²) in [6, 6.07) is 0.388. The third-order valence-corrected chi connectivity index (χ3v) is 3.86. The normalized spacial score (nSPS) is 16.3. The van der Waals surface area contributed by atoms with Crippen LogP contribution in [0.15, 0.2) is 6.20 Å². The van der Waals surface area contributed by atoms with Gasteiger partial charge in [0.2, 0.25) is 5.28 Å². The smallest absolute Gasteiger partial charge is 0.224 e. The topological polar surface area (TPSA) is 29.0 Å². The van der Waals surface area contributed by atoms with E-state index in [1.807, 2.05) is 0 Å². The molecule has 0 atom stereocenters. The highest BCUT2D eigenvalue weighted by molar-refractivity contribution is 6.28. The molecule has 19 heavy (non-hydrogen) atoms. The molecule has 0 unspecified atom stereocenters. The van der Waals surface area contributed by atoms with Crippen molar-refractivity contribution in [3.63, 3.8) is 0 Å². The summed E-state index contributed by atoms with van der Waals surface area (Å²) in [5.41, 5.74) is 0. The zero-order chi connectivity index (χ0) is 13.8. The largest absolute Gasteiger partial charge is 0.351 e. The number of halogens is 2. The lowest BCUT2D eigenvalue weighted by Gasteiger charge is -2.30. The first-order chi connectivity index (χ1) is 9.08. The van der Waals surface area contributed by atoms with Gasteiger partial charge in [-0.1, -0.05) is 26.7 Å². The lowest BCUT2D eigenvalue weighted by atomic mass is 10.1. The molecule has 0 amide bonds. The van der Waals surface area contributed by atoms with Crippen LogP contribution >= 0.6 is 11.6 Å².